The number of nitrogens with one attached hydrogen (secondary N) is 1. The van der Waals surface area contributed by atoms with Gasteiger partial charge in [-0.05, 0) is 24.5 Å². The number of ether oxygens (including phenoxy) is 1. The number of carbonyl (C=O) groups is 1. The summed E-state index contributed by atoms with van der Waals surface area (Å²) in [6.45, 7) is 8.32. The number of morpholine rings is 1. The minimum Gasteiger partial charge on any atom is -0.379 e. The van der Waals surface area contributed by atoms with E-state index in [2.05, 4.69) is 63.4 Å². The summed E-state index contributed by atoms with van der Waals surface area (Å²) in [5, 5.41) is 3.08. The van der Waals surface area contributed by atoms with Crippen LogP contribution in [-0.2, 0) is 17.7 Å². The Balaban J connectivity index is 1.39. The second-order valence-electron chi connectivity index (χ2n) is 8.95. The van der Waals surface area contributed by atoms with Gasteiger partial charge in [0.1, 0.15) is 11.4 Å². The van der Waals surface area contributed by atoms with E-state index in [0.29, 0.717) is 23.8 Å². The summed E-state index contributed by atoms with van der Waals surface area (Å²) in [6.07, 6.45) is 2.61. The van der Waals surface area contributed by atoms with Crippen LogP contribution >= 0.6 is 0 Å². The number of aromatic nitrogens is 2. The number of aryl methyl sites for hydroxylation is 1. The number of nitrogens with zero attached hydrogens (tertiary/aromatic N) is 4. The zero-order valence-electron chi connectivity index (χ0n) is 19.7. The Labute approximate surface area is 200 Å². The van der Waals surface area contributed by atoms with Gasteiger partial charge in [-0.25, -0.2) is 9.97 Å². The molecule has 1 amide bonds. The van der Waals surface area contributed by atoms with E-state index in [9.17, 15) is 4.79 Å². The summed E-state index contributed by atoms with van der Waals surface area (Å²) < 4.78 is 5.41. The third kappa shape index (κ3) is 5.11. The molecule has 7 nitrogen and oxygen atoms in total. The third-order valence-corrected chi connectivity index (χ3v) is 6.57. The summed E-state index contributed by atoms with van der Waals surface area (Å²) in [5.41, 5.74) is 5.31. The molecule has 3 heterocycles. The summed E-state index contributed by atoms with van der Waals surface area (Å²) >= 11 is 0. The molecule has 1 N–H and O–H groups in total. The molecule has 0 aliphatic carbocycles. The molecule has 1 aromatic heterocycles. The van der Waals surface area contributed by atoms with Crippen LogP contribution in [-0.4, -0.2) is 66.7 Å². The van der Waals surface area contributed by atoms with Gasteiger partial charge in [0.05, 0.1) is 13.2 Å². The Bertz CT molecular complexity index is 1140. The number of anilines is 1. The lowest BCUT2D eigenvalue weighted by atomic mass is 9.99. The predicted molar refractivity (Wildman–Crippen MR) is 133 cm³/mol. The van der Waals surface area contributed by atoms with Crippen molar-refractivity contribution in [3.05, 3.63) is 77.0 Å². The SMILES string of the molecule is Cc1ccc(-c2ncc(C(=O)NCCN3CCOCC3)c(N3CCc4ccccc4C3)n2)cc1. The lowest BCUT2D eigenvalue weighted by molar-refractivity contribution is 0.0383. The molecule has 0 radical (unpaired) electrons. The highest BCUT2D eigenvalue weighted by Gasteiger charge is 2.24. The van der Waals surface area contributed by atoms with Gasteiger partial charge in [0.25, 0.3) is 5.91 Å². The van der Waals surface area contributed by atoms with Crippen molar-refractivity contribution in [3.8, 4) is 11.4 Å². The molecule has 0 saturated carbocycles. The van der Waals surface area contributed by atoms with Crippen molar-refractivity contribution in [3.63, 3.8) is 0 Å². The van der Waals surface area contributed by atoms with Gasteiger partial charge in [0.2, 0.25) is 0 Å². The van der Waals surface area contributed by atoms with E-state index >= 15 is 0 Å². The van der Waals surface area contributed by atoms with Crippen LogP contribution in [0.2, 0.25) is 0 Å². The summed E-state index contributed by atoms with van der Waals surface area (Å²) in [4.78, 5) is 27.2. The van der Waals surface area contributed by atoms with Crippen LogP contribution in [0.25, 0.3) is 11.4 Å². The second-order valence-corrected chi connectivity index (χ2v) is 8.95. The molecular weight excluding hydrogens is 426 g/mol. The first-order valence-electron chi connectivity index (χ1n) is 12.0. The van der Waals surface area contributed by atoms with Crippen molar-refractivity contribution in [1.29, 1.82) is 0 Å². The van der Waals surface area contributed by atoms with Crippen LogP contribution in [0.4, 0.5) is 5.82 Å². The van der Waals surface area contributed by atoms with Crippen LogP contribution in [0.15, 0.2) is 54.7 Å². The number of carbonyl (C=O) groups excluding carboxylic acids is 1. The van der Waals surface area contributed by atoms with E-state index in [0.717, 1.165) is 57.9 Å². The van der Waals surface area contributed by atoms with E-state index in [1.54, 1.807) is 6.20 Å². The van der Waals surface area contributed by atoms with Crippen LogP contribution in [0.1, 0.15) is 27.0 Å². The molecule has 2 aliphatic heterocycles. The summed E-state index contributed by atoms with van der Waals surface area (Å²) in [5.74, 6) is 1.21. The predicted octanol–water partition coefficient (Wildman–Crippen LogP) is 3.08. The molecule has 0 unspecified atom stereocenters. The van der Waals surface area contributed by atoms with E-state index in [1.807, 2.05) is 12.1 Å². The second kappa shape index (κ2) is 10.3. The van der Waals surface area contributed by atoms with E-state index < -0.39 is 0 Å². The van der Waals surface area contributed by atoms with Gasteiger partial charge in [0, 0.05) is 51.0 Å². The Morgan fingerprint density at radius 1 is 1.03 bits per heavy atom. The molecular formula is C27H31N5O2. The molecule has 3 aromatic rings. The first-order chi connectivity index (χ1) is 16.7. The van der Waals surface area contributed by atoms with Crippen molar-refractivity contribution in [2.75, 3.05) is 50.8 Å². The molecule has 1 fully saturated rings. The highest BCUT2D eigenvalue weighted by atomic mass is 16.5. The van der Waals surface area contributed by atoms with Gasteiger partial charge in [-0.1, -0.05) is 54.1 Å². The Hall–Kier alpha value is -3.29. The Morgan fingerprint density at radius 3 is 2.59 bits per heavy atom. The lowest BCUT2D eigenvalue weighted by Crippen LogP contribution is -2.41. The maximum Gasteiger partial charge on any atom is 0.256 e. The first-order valence-corrected chi connectivity index (χ1v) is 12.0. The van der Waals surface area contributed by atoms with Crippen molar-refractivity contribution < 1.29 is 9.53 Å². The average molecular weight is 458 g/mol. The number of fused-ring (bicyclic) bond motifs is 1. The highest BCUT2D eigenvalue weighted by Crippen LogP contribution is 2.28. The van der Waals surface area contributed by atoms with Crippen LogP contribution in [0.3, 0.4) is 0 Å². The molecule has 7 heteroatoms. The topological polar surface area (TPSA) is 70.6 Å². The number of rotatable bonds is 6. The Kier molecular flexibility index (Phi) is 6.83. The van der Waals surface area contributed by atoms with Crippen LogP contribution in [0.5, 0.6) is 0 Å². The van der Waals surface area contributed by atoms with Crippen molar-refractivity contribution in [2.24, 2.45) is 0 Å². The van der Waals surface area contributed by atoms with Crippen LogP contribution < -0.4 is 10.2 Å². The first kappa shape index (κ1) is 22.5. The fourth-order valence-corrected chi connectivity index (χ4v) is 4.54. The summed E-state index contributed by atoms with van der Waals surface area (Å²) in [6, 6.07) is 16.7. The smallest absolute Gasteiger partial charge is 0.256 e. The molecule has 0 bridgehead atoms. The molecule has 2 aromatic carbocycles. The zero-order valence-corrected chi connectivity index (χ0v) is 19.7. The van der Waals surface area contributed by atoms with Gasteiger partial charge in [-0.15, -0.1) is 0 Å². The van der Waals surface area contributed by atoms with E-state index in [1.165, 1.54) is 16.7 Å². The molecule has 0 spiro atoms. The standard InChI is InChI=1S/C27H31N5O2/c1-20-6-8-22(9-7-20)25-29-18-24(27(33)28-11-13-31-14-16-34-17-15-31)26(30-25)32-12-10-21-4-2-3-5-23(21)19-32/h2-9,18H,10-17,19H2,1H3,(H,28,33). The average Bonchev–Trinajstić information content (AvgIpc) is 2.89. The van der Waals surface area contributed by atoms with Gasteiger partial charge in [-0.3, -0.25) is 9.69 Å². The monoisotopic (exact) mass is 457 g/mol. The van der Waals surface area contributed by atoms with Gasteiger partial charge in [0.15, 0.2) is 5.82 Å². The molecule has 176 valence electrons. The largest absolute Gasteiger partial charge is 0.379 e. The van der Waals surface area contributed by atoms with Gasteiger partial charge < -0.3 is 15.0 Å². The minimum atomic E-state index is -0.127. The molecule has 1 saturated heterocycles. The molecule has 2 aliphatic rings. The van der Waals surface area contributed by atoms with Crippen molar-refractivity contribution >= 4 is 11.7 Å². The van der Waals surface area contributed by atoms with Crippen molar-refractivity contribution in [2.45, 2.75) is 19.9 Å². The molecule has 5 rings (SSSR count). The third-order valence-electron chi connectivity index (χ3n) is 6.57. The number of hydrogen-bond acceptors (Lipinski definition) is 6. The normalized spacial score (nSPS) is 16.2. The zero-order chi connectivity index (χ0) is 23.3. The fourth-order valence-electron chi connectivity index (χ4n) is 4.54. The number of amides is 1. The van der Waals surface area contributed by atoms with E-state index in [-0.39, 0.29) is 5.91 Å². The van der Waals surface area contributed by atoms with Gasteiger partial charge in [-0.2, -0.15) is 0 Å². The summed E-state index contributed by atoms with van der Waals surface area (Å²) in [7, 11) is 0. The fraction of sp³-hybridized carbons (Fsp3) is 0.370. The highest BCUT2D eigenvalue weighted by molar-refractivity contribution is 5.99. The van der Waals surface area contributed by atoms with Crippen LogP contribution in [0, 0.1) is 6.92 Å². The van der Waals surface area contributed by atoms with E-state index in [4.69, 9.17) is 9.72 Å². The minimum absolute atomic E-state index is 0.127. The lowest BCUT2D eigenvalue weighted by Gasteiger charge is -2.31. The number of hydrogen-bond donors (Lipinski definition) is 1. The number of benzene rings is 2. The van der Waals surface area contributed by atoms with Gasteiger partial charge >= 0.3 is 0 Å². The Morgan fingerprint density at radius 2 is 1.79 bits per heavy atom. The molecule has 34 heavy (non-hydrogen) atoms. The molecule has 0 atom stereocenters. The van der Waals surface area contributed by atoms with Crippen molar-refractivity contribution in [1.82, 2.24) is 20.2 Å². The maximum atomic E-state index is 13.2. The maximum absolute atomic E-state index is 13.2. The quantitative estimate of drug-likeness (QED) is 0.614.